The molecule has 0 spiro atoms. The molecular weight excluding hydrogens is 472 g/mol. The second-order valence-corrected chi connectivity index (χ2v) is 8.77. The van der Waals surface area contributed by atoms with Crippen molar-refractivity contribution in [3.63, 3.8) is 0 Å². The standard InChI is InChI=1S/C28H24N4O3S/c1-19-9-8-10-21(17-19)29-27(35)24-13-6-7-14-25(24)31-26(34)16-15-22-18-36-28(30-22)32(20(2)33)23-11-4-3-5-12-23/h3-18H,1-2H3,(H,29,35)(H,31,34)/b16-15+. The molecular formula is C28H24N4O3S. The first-order chi connectivity index (χ1) is 17.4. The lowest BCUT2D eigenvalue weighted by molar-refractivity contribution is -0.116. The fraction of sp³-hybridized carbons (Fsp3) is 0.0714. The maximum atomic E-state index is 12.8. The molecule has 4 aromatic rings. The van der Waals surface area contributed by atoms with E-state index >= 15 is 0 Å². The molecule has 3 amide bonds. The molecule has 1 heterocycles. The highest BCUT2D eigenvalue weighted by atomic mass is 32.1. The predicted octanol–water partition coefficient (Wildman–Crippen LogP) is 6.04. The molecule has 0 fully saturated rings. The molecule has 0 aliphatic rings. The van der Waals surface area contributed by atoms with Gasteiger partial charge in [0, 0.05) is 24.1 Å². The number of hydrogen-bond acceptors (Lipinski definition) is 5. The number of para-hydroxylation sites is 2. The summed E-state index contributed by atoms with van der Waals surface area (Å²) in [5, 5.41) is 7.89. The minimum atomic E-state index is -0.410. The summed E-state index contributed by atoms with van der Waals surface area (Å²) in [6.07, 6.45) is 2.91. The van der Waals surface area contributed by atoms with Crippen LogP contribution in [0.3, 0.4) is 0 Å². The Kier molecular flexibility index (Phi) is 7.67. The minimum Gasteiger partial charge on any atom is -0.322 e. The number of amides is 3. The van der Waals surface area contributed by atoms with Gasteiger partial charge in [0.25, 0.3) is 5.91 Å². The number of carbonyl (C=O) groups is 3. The third kappa shape index (κ3) is 6.11. The van der Waals surface area contributed by atoms with Crippen LogP contribution in [-0.4, -0.2) is 22.7 Å². The zero-order valence-electron chi connectivity index (χ0n) is 19.8. The average molecular weight is 497 g/mol. The minimum absolute atomic E-state index is 0.163. The molecule has 0 bridgehead atoms. The van der Waals surface area contributed by atoms with Gasteiger partial charge in [0.2, 0.25) is 11.8 Å². The van der Waals surface area contributed by atoms with E-state index in [0.29, 0.717) is 33.5 Å². The molecule has 0 atom stereocenters. The molecule has 0 saturated heterocycles. The van der Waals surface area contributed by atoms with Crippen molar-refractivity contribution in [3.05, 3.63) is 107 Å². The number of nitrogens with one attached hydrogen (secondary N) is 2. The van der Waals surface area contributed by atoms with Gasteiger partial charge in [-0.2, -0.15) is 0 Å². The molecule has 3 aromatic carbocycles. The number of hydrogen-bond donors (Lipinski definition) is 2. The van der Waals surface area contributed by atoms with Gasteiger partial charge in [-0.25, -0.2) is 4.98 Å². The van der Waals surface area contributed by atoms with E-state index in [4.69, 9.17) is 0 Å². The van der Waals surface area contributed by atoms with Crippen LogP contribution in [-0.2, 0) is 9.59 Å². The topological polar surface area (TPSA) is 91.4 Å². The number of benzene rings is 3. The summed E-state index contributed by atoms with van der Waals surface area (Å²) in [5.41, 5.74) is 3.70. The van der Waals surface area contributed by atoms with Crippen molar-refractivity contribution in [1.29, 1.82) is 0 Å². The molecule has 0 aliphatic heterocycles. The lowest BCUT2D eigenvalue weighted by atomic mass is 10.1. The molecule has 0 unspecified atom stereocenters. The van der Waals surface area contributed by atoms with Gasteiger partial charge in [-0.15, -0.1) is 11.3 Å². The SMILES string of the molecule is CC(=O)N(c1ccccc1)c1nc(/C=C/C(=O)Nc2ccccc2C(=O)Nc2cccc(C)c2)cs1. The molecule has 36 heavy (non-hydrogen) atoms. The summed E-state index contributed by atoms with van der Waals surface area (Å²) >= 11 is 1.30. The number of thiazole rings is 1. The number of rotatable bonds is 7. The number of carbonyl (C=O) groups excluding carboxylic acids is 3. The highest BCUT2D eigenvalue weighted by Gasteiger charge is 2.17. The Morgan fingerprint density at radius 2 is 1.67 bits per heavy atom. The third-order valence-corrected chi connectivity index (χ3v) is 5.99. The Labute approximate surface area is 213 Å². The number of anilines is 4. The second-order valence-electron chi connectivity index (χ2n) is 7.94. The number of aromatic nitrogens is 1. The van der Waals surface area contributed by atoms with Gasteiger partial charge >= 0.3 is 0 Å². The smallest absolute Gasteiger partial charge is 0.257 e. The summed E-state index contributed by atoms with van der Waals surface area (Å²) in [5.74, 6) is -0.897. The Balaban J connectivity index is 1.45. The highest BCUT2D eigenvalue weighted by molar-refractivity contribution is 7.14. The Hall–Kier alpha value is -4.56. The van der Waals surface area contributed by atoms with E-state index in [9.17, 15) is 14.4 Å². The normalized spacial score (nSPS) is 10.7. The van der Waals surface area contributed by atoms with Gasteiger partial charge in [-0.3, -0.25) is 19.3 Å². The van der Waals surface area contributed by atoms with Crippen LogP contribution >= 0.6 is 11.3 Å². The maximum absolute atomic E-state index is 12.8. The Bertz CT molecular complexity index is 1430. The molecule has 0 radical (unpaired) electrons. The summed E-state index contributed by atoms with van der Waals surface area (Å²) in [6.45, 7) is 3.42. The van der Waals surface area contributed by atoms with Gasteiger partial charge in [0.05, 0.1) is 22.6 Å². The second kappa shape index (κ2) is 11.2. The fourth-order valence-electron chi connectivity index (χ4n) is 3.51. The quantitative estimate of drug-likeness (QED) is 0.305. The van der Waals surface area contributed by atoms with Gasteiger partial charge in [0.1, 0.15) is 0 Å². The molecule has 0 aliphatic carbocycles. The first-order valence-corrected chi connectivity index (χ1v) is 12.1. The van der Waals surface area contributed by atoms with Crippen LogP contribution in [0.4, 0.5) is 22.2 Å². The van der Waals surface area contributed by atoms with Crippen LogP contribution in [0.25, 0.3) is 6.08 Å². The molecule has 7 nitrogen and oxygen atoms in total. The molecule has 180 valence electrons. The maximum Gasteiger partial charge on any atom is 0.257 e. The molecule has 4 rings (SSSR count). The van der Waals surface area contributed by atoms with Crippen LogP contribution in [0.15, 0.2) is 90.3 Å². The zero-order valence-corrected chi connectivity index (χ0v) is 20.6. The summed E-state index contributed by atoms with van der Waals surface area (Å²) in [7, 11) is 0. The summed E-state index contributed by atoms with van der Waals surface area (Å²) < 4.78 is 0. The van der Waals surface area contributed by atoms with E-state index in [0.717, 1.165) is 5.56 Å². The largest absolute Gasteiger partial charge is 0.322 e. The summed E-state index contributed by atoms with van der Waals surface area (Å²) in [6, 6.07) is 23.5. The Morgan fingerprint density at radius 3 is 2.42 bits per heavy atom. The molecule has 2 N–H and O–H groups in total. The van der Waals surface area contributed by atoms with E-state index in [1.54, 1.807) is 35.7 Å². The van der Waals surface area contributed by atoms with Gasteiger partial charge in [-0.1, -0.05) is 42.5 Å². The highest BCUT2D eigenvalue weighted by Crippen LogP contribution is 2.29. The Morgan fingerprint density at radius 1 is 0.917 bits per heavy atom. The van der Waals surface area contributed by atoms with Gasteiger partial charge < -0.3 is 10.6 Å². The lowest BCUT2D eigenvalue weighted by Crippen LogP contribution is -2.22. The van der Waals surface area contributed by atoms with Crippen molar-refractivity contribution < 1.29 is 14.4 Å². The first-order valence-electron chi connectivity index (χ1n) is 11.2. The van der Waals surface area contributed by atoms with Crippen LogP contribution in [0.1, 0.15) is 28.5 Å². The fourth-order valence-corrected chi connectivity index (χ4v) is 4.36. The molecule has 0 saturated carbocycles. The van der Waals surface area contributed by atoms with E-state index in [1.807, 2.05) is 61.5 Å². The van der Waals surface area contributed by atoms with Crippen molar-refractivity contribution in [1.82, 2.24) is 4.98 Å². The van der Waals surface area contributed by atoms with Crippen LogP contribution in [0, 0.1) is 6.92 Å². The third-order valence-electron chi connectivity index (χ3n) is 5.14. The van der Waals surface area contributed by atoms with E-state index in [1.165, 1.54) is 29.2 Å². The van der Waals surface area contributed by atoms with Crippen LogP contribution in [0.5, 0.6) is 0 Å². The zero-order chi connectivity index (χ0) is 25.5. The predicted molar refractivity (Wildman–Crippen MR) is 145 cm³/mol. The number of nitrogens with zero attached hydrogens (tertiary/aromatic N) is 2. The van der Waals surface area contributed by atoms with Crippen molar-refractivity contribution in [2.75, 3.05) is 15.5 Å². The van der Waals surface area contributed by atoms with Crippen molar-refractivity contribution in [2.24, 2.45) is 0 Å². The summed E-state index contributed by atoms with van der Waals surface area (Å²) in [4.78, 5) is 43.7. The van der Waals surface area contributed by atoms with E-state index < -0.39 is 5.91 Å². The van der Waals surface area contributed by atoms with Crippen molar-refractivity contribution in [3.8, 4) is 0 Å². The van der Waals surface area contributed by atoms with Gasteiger partial charge in [-0.05, 0) is 55.0 Å². The monoisotopic (exact) mass is 496 g/mol. The number of aryl methyl sites for hydroxylation is 1. The van der Waals surface area contributed by atoms with Crippen molar-refractivity contribution >= 4 is 57.3 Å². The molecule has 8 heteroatoms. The average Bonchev–Trinajstić information content (AvgIpc) is 3.32. The molecule has 1 aromatic heterocycles. The van der Waals surface area contributed by atoms with Crippen LogP contribution in [0.2, 0.25) is 0 Å². The van der Waals surface area contributed by atoms with Crippen molar-refractivity contribution in [2.45, 2.75) is 13.8 Å². The van der Waals surface area contributed by atoms with Crippen LogP contribution < -0.4 is 15.5 Å². The lowest BCUT2D eigenvalue weighted by Gasteiger charge is -2.17. The first kappa shape index (κ1) is 24.6. The van der Waals surface area contributed by atoms with E-state index in [-0.39, 0.29) is 11.8 Å². The van der Waals surface area contributed by atoms with Gasteiger partial charge in [0.15, 0.2) is 5.13 Å². The van der Waals surface area contributed by atoms with E-state index in [2.05, 4.69) is 15.6 Å².